The van der Waals surface area contributed by atoms with Crippen LogP contribution in [-0.4, -0.2) is 44.7 Å². The first kappa shape index (κ1) is 14.8. The fraction of sp³-hybridized carbons (Fsp3) is 0.786. The van der Waals surface area contributed by atoms with E-state index in [2.05, 4.69) is 15.5 Å². The van der Waals surface area contributed by atoms with Crippen molar-refractivity contribution in [1.29, 1.82) is 0 Å². The van der Waals surface area contributed by atoms with E-state index in [0.717, 1.165) is 30.8 Å². The Labute approximate surface area is 129 Å². The standard InChI is InChI=1S/C14H22N4O2S/c1-18-9-15-17-13(18)21-11-4-3-7-14(8-11,12(19)20-2)16-10-5-6-10/h9-11,16H,3-8H2,1-2H3. The van der Waals surface area contributed by atoms with Crippen molar-refractivity contribution in [3.8, 4) is 0 Å². The van der Waals surface area contributed by atoms with Crippen LogP contribution in [0.25, 0.3) is 0 Å². The highest BCUT2D eigenvalue weighted by Gasteiger charge is 2.47. The predicted octanol–water partition coefficient (Wildman–Crippen LogP) is 1.51. The number of methoxy groups -OCH3 is 1. The van der Waals surface area contributed by atoms with E-state index >= 15 is 0 Å². The van der Waals surface area contributed by atoms with Gasteiger partial charge in [0.1, 0.15) is 11.9 Å². The third-order valence-electron chi connectivity index (χ3n) is 4.28. The third-order valence-corrected chi connectivity index (χ3v) is 5.60. The Kier molecular flexibility index (Phi) is 4.21. The average molecular weight is 310 g/mol. The quantitative estimate of drug-likeness (QED) is 0.832. The van der Waals surface area contributed by atoms with Gasteiger partial charge in [0.15, 0.2) is 5.16 Å². The minimum atomic E-state index is -0.509. The maximum absolute atomic E-state index is 12.3. The Morgan fingerprint density at radius 1 is 1.52 bits per heavy atom. The van der Waals surface area contributed by atoms with Crippen molar-refractivity contribution in [2.24, 2.45) is 7.05 Å². The van der Waals surface area contributed by atoms with Gasteiger partial charge in [0.25, 0.3) is 0 Å². The van der Waals surface area contributed by atoms with Gasteiger partial charge in [0.05, 0.1) is 7.11 Å². The molecule has 21 heavy (non-hydrogen) atoms. The number of aryl methyl sites for hydroxylation is 1. The van der Waals surface area contributed by atoms with E-state index in [1.807, 2.05) is 11.6 Å². The van der Waals surface area contributed by atoms with E-state index in [0.29, 0.717) is 11.3 Å². The molecule has 1 aromatic rings. The summed E-state index contributed by atoms with van der Waals surface area (Å²) in [6, 6.07) is 0.489. The summed E-state index contributed by atoms with van der Waals surface area (Å²) >= 11 is 1.72. The lowest BCUT2D eigenvalue weighted by atomic mass is 9.81. The Morgan fingerprint density at radius 3 is 2.95 bits per heavy atom. The molecule has 2 unspecified atom stereocenters. The number of esters is 1. The number of nitrogens with one attached hydrogen (secondary N) is 1. The molecule has 2 saturated carbocycles. The van der Waals surface area contributed by atoms with E-state index in [1.54, 1.807) is 18.1 Å². The summed E-state index contributed by atoms with van der Waals surface area (Å²) in [6.07, 6.45) is 7.84. The topological polar surface area (TPSA) is 69.0 Å². The molecule has 0 amide bonds. The molecular weight excluding hydrogens is 288 g/mol. The Balaban J connectivity index is 1.72. The first-order valence-electron chi connectivity index (χ1n) is 7.50. The summed E-state index contributed by atoms with van der Waals surface area (Å²) in [5.41, 5.74) is -0.509. The van der Waals surface area contributed by atoms with Crippen molar-refractivity contribution in [2.45, 2.75) is 60.5 Å². The number of carbonyl (C=O) groups excluding carboxylic acids is 1. The zero-order chi connectivity index (χ0) is 14.9. The van der Waals surface area contributed by atoms with Gasteiger partial charge in [-0.3, -0.25) is 10.1 Å². The molecule has 0 spiro atoms. The minimum absolute atomic E-state index is 0.113. The van der Waals surface area contributed by atoms with Crippen LogP contribution in [0.5, 0.6) is 0 Å². The van der Waals surface area contributed by atoms with Crippen molar-refractivity contribution in [3.05, 3.63) is 6.33 Å². The maximum Gasteiger partial charge on any atom is 0.326 e. The van der Waals surface area contributed by atoms with Gasteiger partial charge in [-0.2, -0.15) is 0 Å². The van der Waals surface area contributed by atoms with Gasteiger partial charge in [-0.15, -0.1) is 10.2 Å². The normalized spacial score (nSPS) is 29.3. The van der Waals surface area contributed by atoms with Crippen LogP contribution in [0.15, 0.2) is 11.5 Å². The van der Waals surface area contributed by atoms with Gasteiger partial charge in [0.2, 0.25) is 0 Å². The van der Waals surface area contributed by atoms with Crippen LogP contribution < -0.4 is 5.32 Å². The number of aromatic nitrogens is 3. The Bertz CT molecular complexity index is 517. The fourth-order valence-electron chi connectivity index (χ4n) is 3.04. The van der Waals surface area contributed by atoms with Crippen LogP contribution in [0.3, 0.4) is 0 Å². The van der Waals surface area contributed by atoms with Gasteiger partial charge in [0, 0.05) is 18.3 Å². The highest BCUT2D eigenvalue weighted by Crippen LogP contribution is 2.40. The van der Waals surface area contributed by atoms with Gasteiger partial charge < -0.3 is 9.30 Å². The highest BCUT2D eigenvalue weighted by molar-refractivity contribution is 7.99. The molecule has 116 valence electrons. The summed E-state index contributed by atoms with van der Waals surface area (Å²) in [5, 5.41) is 12.9. The molecule has 1 heterocycles. The van der Waals surface area contributed by atoms with Crippen LogP contribution in [-0.2, 0) is 16.6 Å². The average Bonchev–Trinajstić information content (AvgIpc) is 3.20. The van der Waals surface area contributed by atoms with Gasteiger partial charge in [-0.05, 0) is 38.5 Å². The SMILES string of the molecule is COC(=O)C1(NC2CC2)CCCC(Sc2nncn2C)C1. The van der Waals surface area contributed by atoms with Crippen LogP contribution in [0.2, 0.25) is 0 Å². The molecule has 0 aliphatic heterocycles. The highest BCUT2D eigenvalue weighted by atomic mass is 32.2. The summed E-state index contributed by atoms with van der Waals surface area (Å²) in [5.74, 6) is -0.113. The number of ether oxygens (including phenoxy) is 1. The van der Waals surface area contributed by atoms with E-state index in [1.165, 1.54) is 20.0 Å². The monoisotopic (exact) mass is 310 g/mol. The molecule has 2 aliphatic carbocycles. The molecule has 2 aliphatic rings. The largest absolute Gasteiger partial charge is 0.468 e. The Morgan fingerprint density at radius 2 is 2.33 bits per heavy atom. The second kappa shape index (κ2) is 5.96. The van der Waals surface area contributed by atoms with E-state index in [-0.39, 0.29) is 5.97 Å². The zero-order valence-corrected chi connectivity index (χ0v) is 13.4. The molecule has 0 radical (unpaired) electrons. The number of thioether (sulfide) groups is 1. The van der Waals surface area contributed by atoms with Crippen LogP contribution in [0, 0.1) is 0 Å². The number of rotatable bonds is 5. The number of hydrogen-bond acceptors (Lipinski definition) is 6. The fourth-order valence-corrected chi connectivity index (χ4v) is 4.30. The third kappa shape index (κ3) is 3.23. The zero-order valence-electron chi connectivity index (χ0n) is 12.5. The molecule has 0 saturated heterocycles. The molecule has 1 N–H and O–H groups in total. The number of hydrogen-bond donors (Lipinski definition) is 1. The lowest BCUT2D eigenvalue weighted by Crippen LogP contribution is -2.56. The molecule has 2 fully saturated rings. The van der Waals surface area contributed by atoms with Crippen LogP contribution in [0.1, 0.15) is 38.5 Å². The van der Waals surface area contributed by atoms with Crippen molar-refractivity contribution < 1.29 is 9.53 Å². The lowest BCUT2D eigenvalue weighted by molar-refractivity contribution is -0.150. The first-order valence-corrected chi connectivity index (χ1v) is 8.38. The lowest BCUT2D eigenvalue weighted by Gasteiger charge is -2.39. The predicted molar refractivity (Wildman–Crippen MR) is 80.0 cm³/mol. The second-order valence-electron chi connectivity index (χ2n) is 6.05. The maximum atomic E-state index is 12.3. The molecule has 7 heteroatoms. The van der Waals surface area contributed by atoms with Crippen molar-refractivity contribution in [2.75, 3.05) is 7.11 Å². The van der Waals surface area contributed by atoms with Crippen molar-refractivity contribution in [1.82, 2.24) is 20.1 Å². The van der Waals surface area contributed by atoms with Crippen LogP contribution in [0.4, 0.5) is 0 Å². The number of carbonyl (C=O) groups is 1. The molecule has 3 rings (SSSR count). The summed E-state index contributed by atoms with van der Waals surface area (Å²) < 4.78 is 7.01. The van der Waals surface area contributed by atoms with Crippen molar-refractivity contribution >= 4 is 17.7 Å². The first-order chi connectivity index (χ1) is 10.1. The summed E-state index contributed by atoms with van der Waals surface area (Å²) in [6.45, 7) is 0. The van der Waals surface area contributed by atoms with Crippen molar-refractivity contribution in [3.63, 3.8) is 0 Å². The molecule has 0 aromatic carbocycles. The van der Waals surface area contributed by atoms with E-state index in [9.17, 15) is 4.79 Å². The number of nitrogens with zero attached hydrogens (tertiary/aromatic N) is 3. The molecule has 1 aromatic heterocycles. The van der Waals surface area contributed by atoms with E-state index < -0.39 is 5.54 Å². The molecule has 2 atom stereocenters. The summed E-state index contributed by atoms with van der Waals surface area (Å²) in [7, 11) is 3.43. The minimum Gasteiger partial charge on any atom is -0.468 e. The van der Waals surface area contributed by atoms with E-state index in [4.69, 9.17) is 4.74 Å². The summed E-state index contributed by atoms with van der Waals surface area (Å²) in [4.78, 5) is 12.3. The smallest absolute Gasteiger partial charge is 0.326 e. The molecule has 0 bridgehead atoms. The second-order valence-corrected chi connectivity index (χ2v) is 7.32. The van der Waals surface area contributed by atoms with Gasteiger partial charge in [-0.25, -0.2) is 0 Å². The Hall–Kier alpha value is -1.08. The van der Waals surface area contributed by atoms with Crippen LogP contribution >= 0.6 is 11.8 Å². The van der Waals surface area contributed by atoms with Gasteiger partial charge in [-0.1, -0.05) is 11.8 Å². The molecular formula is C14H22N4O2S. The van der Waals surface area contributed by atoms with Gasteiger partial charge >= 0.3 is 5.97 Å². The molecule has 6 nitrogen and oxygen atoms in total.